The number of benzene rings is 2. The summed E-state index contributed by atoms with van der Waals surface area (Å²) in [5.74, 6) is -1.61. The van der Waals surface area contributed by atoms with Gasteiger partial charge in [0.2, 0.25) is 10.0 Å². The van der Waals surface area contributed by atoms with Gasteiger partial charge in [0.1, 0.15) is 4.90 Å². The molecule has 0 unspecified atom stereocenters. The fourth-order valence-electron chi connectivity index (χ4n) is 2.31. The molecule has 2 aromatic rings. The number of ether oxygens (including phenoxy) is 1. The molecule has 0 saturated heterocycles. The lowest BCUT2D eigenvalue weighted by Gasteiger charge is -2.14. The summed E-state index contributed by atoms with van der Waals surface area (Å²) in [4.78, 5) is 34.0. The van der Waals surface area contributed by atoms with Crippen LogP contribution in [0, 0.1) is 10.1 Å². The van der Waals surface area contributed by atoms with Crippen LogP contribution in [0.2, 0.25) is 5.02 Å². The van der Waals surface area contributed by atoms with E-state index in [1.165, 1.54) is 56.6 Å². The molecule has 1 amide bonds. The molecule has 0 spiro atoms. The number of amides is 1. The van der Waals surface area contributed by atoms with E-state index >= 15 is 0 Å². The fraction of sp³-hybridized carbons (Fsp3) is 0.158. The van der Waals surface area contributed by atoms with E-state index < -0.39 is 33.4 Å². The monoisotopic (exact) mass is 467 g/mol. The number of sulfonamides is 1. The molecule has 0 aliphatic carbocycles. The summed E-state index contributed by atoms with van der Waals surface area (Å²) in [5, 5.41) is 13.3. The van der Waals surface area contributed by atoms with Crippen LogP contribution in [0.3, 0.4) is 0 Å². The Morgan fingerprint density at radius 3 is 2.55 bits per heavy atom. The van der Waals surface area contributed by atoms with Crippen molar-refractivity contribution in [3.8, 4) is 0 Å². The highest BCUT2D eigenvalue weighted by Gasteiger charge is 2.21. The molecule has 0 fully saturated rings. The molecule has 0 heterocycles. The van der Waals surface area contributed by atoms with Gasteiger partial charge < -0.3 is 10.1 Å². The van der Waals surface area contributed by atoms with E-state index in [-0.39, 0.29) is 26.9 Å². The van der Waals surface area contributed by atoms with Crippen LogP contribution in [0.5, 0.6) is 0 Å². The minimum atomic E-state index is -3.83. The zero-order valence-corrected chi connectivity index (χ0v) is 18.0. The molecule has 10 nitrogen and oxygen atoms in total. The molecule has 0 bridgehead atoms. The van der Waals surface area contributed by atoms with Crippen LogP contribution in [0.15, 0.2) is 53.4 Å². The van der Waals surface area contributed by atoms with Gasteiger partial charge in [-0.2, -0.15) is 0 Å². The van der Waals surface area contributed by atoms with Gasteiger partial charge in [-0.05, 0) is 30.3 Å². The maximum absolute atomic E-state index is 12.3. The van der Waals surface area contributed by atoms with Crippen LogP contribution in [-0.2, 0) is 24.3 Å². The Morgan fingerprint density at radius 1 is 1.23 bits per heavy atom. The molecule has 0 aromatic heterocycles. The second kappa shape index (κ2) is 10.2. The number of nitro groups is 1. The summed E-state index contributed by atoms with van der Waals surface area (Å²) in [6.45, 7) is -0.654. The van der Waals surface area contributed by atoms with Gasteiger partial charge in [-0.15, -0.1) is 0 Å². The third-order valence-corrected chi connectivity index (χ3v) is 6.15. The first-order valence-corrected chi connectivity index (χ1v) is 10.4. The average molecular weight is 468 g/mol. The first-order chi connectivity index (χ1) is 14.5. The number of esters is 1. The highest BCUT2D eigenvalue weighted by atomic mass is 35.5. The highest BCUT2D eigenvalue weighted by Crippen LogP contribution is 2.26. The molecular formula is C19H18ClN3O7S. The minimum Gasteiger partial charge on any atom is -0.452 e. The normalized spacial score (nSPS) is 11.5. The molecule has 0 aliphatic heterocycles. The van der Waals surface area contributed by atoms with Gasteiger partial charge in [0, 0.05) is 31.9 Å². The molecule has 12 heteroatoms. The molecular weight excluding hydrogens is 450 g/mol. The Hall–Kier alpha value is -3.28. The van der Waals surface area contributed by atoms with Crippen molar-refractivity contribution >= 4 is 51.0 Å². The summed E-state index contributed by atoms with van der Waals surface area (Å²) >= 11 is 5.94. The number of carbonyl (C=O) groups excluding carboxylic acids is 2. The molecule has 2 aromatic carbocycles. The zero-order chi connectivity index (χ0) is 23.2. The number of halogens is 1. The van der Waals surface area contributed by atoms with Crippen molar-refractivity contribution in [2.45, 2.75) is 4.90 Å². The summed E-state index contributed by atoms with van der Waals surface area (Å²) in [6.07, 6.45) is 2.16. The van der Waals surface area contributed by atoms with E-state index in [1.54, 1.807) is 6.07 Å². The number of rotatable bonds is 8. The second-order valence-corrected chi connectivity index (χ2v) is 8.77. The van der Waals surface area contributed by atoms with Crippen LogP contribution >= 0.6 is 11.6 Å². The van der Waals surface area contributed by atoms with Crippen LogP contribution in [0.25, 0.3) is 6.08 Å². The smallest absolute Gasteiger partial charge is 0.331 e. The lowest BCUT2D eigenvalue weighted by molar-refractivity contribution is -0.385. The molecule has 164 valence electrons. The Labute approximate surface area is 183 Å². The summed E-state index contributed by atoms with van der Waals surface area (Å²) < 4.78 is 30.3. The van der Waals surface area contributed by atoms with Crippen molar-refractivity contribution in [3.05, 3.63) is 69.2 Å². The Morgan fingerprint density at radius 2 is 1.90 bits per heavy atom. The third-order valence-electron chi connectivity index (χ3n) is 3.85. The van der Waals surface area contributed by atoms with Gasteiger partial charge >= 0.3 is 5.97 Å². The Kier molecular flexibility index (Phi) is 7.86. The number of anilines is 1. The molecule has 0 radical (unpaired) electrons. The zero-order valence-electron chi connectivity index (χ0n) is 16.4. The second-order valence-electron chi connectivity index (χ2n) is 6.24. The fourth-order valence-corrected chi connectivity index (χ4v) is 3.70. The predicted molar refractivity (Wildman–Crippen MR) is 114 cm³/mol. The van der Waals surface area contributed by atoms with E-state index in [9.17, 15) is 28.1 Å². The van der Waals surface area contributed by atoms with E-state index in [4.69, 9.17) is 16.3 Å². The van der Waals surface area contributed by atoms with Crippen LogP contribution in [0.4, 0.5) is 11.4 Å². The van der Waals surface area contributed by atoms with Crippen molar-refractivity contribution < 1.29 is 27.7 Å². The number of hydrogen-bond acceptors (Lipinski definition) is 7. The van der Waals surface area contributed by atoms with Crippen molar-refractivity contribution in [1.29, 1.82) is 0 Å². The third kappa shape index (κ3) is 6.35. The first-order valence-electron chi connectivity index (χ1n) is 8.62. The average Bonchev–Trinajstić information content (AvgIpc) is 2.72. The Bertz CT molecular complexity index is 1150. The van der Waals surface area contributed by atoms with Crippen molar-refractivity contribution in [3.63, 3.8) is 0 Å². The van der Waals surface area contributed by atoms with Gasteiger partial charge in [0.15, 0.2) is 6.61 Å². The number of para-hydroxylation sites is 1. The Balaban J connectivity index is 2.00. The highest BCUT2D eigenvalue weighted by molar-refractivity contribution is 7.89. The number of nitrogens with zero attached hydrogens (tertiary/aromatic N) is 2. The van der Waals surface area contributed by atoms with Crippen molar-refractivity contribution in [2.75, 3.05) is 26.0 Å². The van der Waals surface area contributed by atoms with Crippen LogP contribution in [0.1, 0.15) is 5.56 Å². The van der Waals surface area contributed by atoms with Gasteiger partial charge in [-0.3, -0.25) is 14.9 Å². The summed E-state index contributed by atoms with van der Waals surface area (Å²) in [7, 11) is -1.14. The standard InChI is InChI=1S/C19H18ClN3O7S/c1-22(2)31(28,29)17-11-14(8-9-15(17)20)21-18(24)12-30-19(25)10-7-13-5-3-4-6-16(13)23(26)27/h3-11H,12H2,1-2H3,(H,21,24)/b10-7+. The quantitative estimate of drug-likeness (QED) is 0.273. The van der Waals surface area contributed by atoms with Gasteiger partial charge in [-0.25, -0.2) is 17.5 Å². The summed E-state index contributed by atoms with van der Waals surface area (Å²) in [6, 6.07) is 9.70. The minimum absolute atomic E-state index is 0.0155. The summed E-state index contributed by atoms with van der Waals surface area (Å²) in [5.41, 5.74) is 0.154. The van der Waals surface area contributed by atoms with E-state index in [2.05, 4.69) is 5.32 Å². The first kappa shape index (κ1) is 24.0. The maximum atomic E-state index is 12.3. The number of nitrogens with one attached hydrogen (secondary N) is 1. The van der Waals surface area contributed by atoms with Crippen LogP contribution in [-0.4, -0.2) is 50.2 Å². The number of hydrogen-bond donors (Lipinski definition) is 1. The van der Waals surface area contributed by atoms with Gasteiger partial charge in [0.25, 0.3) is 11.6 Å². The van der Waals surface area contributed by atoms with Crippen molar-refractivity contribution in [1.82, 2.24) is 4.31 Å². The van der Waals surface area contributed by atoms with Gasteiger partial charge in [0.05, 0.1) is 15.5 Å². The molecule has 1 N–H and O–H groups in total. The number of carbonyl (C=O) groups is 2. The molecule has 0 atom stereocenters. The largest absolute Gasteiger partial charge is 0.452 e. The molecule has 0 aliphatic rings. The van der Waals surface area contributed by atoms with Crippen molar-refractivity contribution in [2.24, 2.45) is 0 Å². The lowest BCUT2D eigenvalue weighted by atomic mass is 10.1. The molecule has 31 heavy (non-hydrogen) atoms. The molecule has 0 saturated carbocycles. The van der Waals surface area contributed by atoms with Crippen LogP contribution < -0.4 is 5.32 Å². The topological polar surface area (TPSA) is 136 Å². The predicted octanol–water partition coefficient (Wildman–Crippen LogP) is 2.69. The van der Waals surface area contributed by atoms with E-state index in [0.29, 0.717) is 0 Å². The van der Waals surface area contributed by atoms with Gasteiger partial charge in [-0.1, -0.05) is 23.7 Å². The maximum Gasteiger partial charge on any atom is 0.331 e. The lowest BCUT2D eigenvalue weighted by Crippen LogP contribution is -2.23. The number of nitro benzene ring substituents is 1. The molecule has 2 rings (SSSR count). The van der Waals surface area contributed by atoms with E-state index in [1.807, 2.05) is 0 Å². The SMILES string of the molecule is CN(C)S(=O)(=O)c1cc(NC(=O)COC(=O)/C=C/c2ccccc2[N+](=O)[O-])ccc1Cl. The van der Waals surface area contributed by atoms with E-state index in [0.717, 1.165) is 10.4 Å².